The van der Waals surface area contributed by atoms with Gasteiger partial charge in [-0.2, -0.15) is 5.10 Å². The topological polar surface area (TPSA) is 59.4 Å². The van der Waals surface area contributed by atoms with Gasteiger partial charge in [0.15, 0.2) is 0 Å². The summed E-state index contributed by atoms with van der Waals surface area (Å²) < 4.78 is 43.1. The number of aromatic nitrogens is 2. The zero-order valence-electron chi connectivity index (χ0n) is 15.4. The molecule has 0 aliphatic carbocycles. The van der Waals surface area contributed by atoms with Crippen LogP contribution in [-0.4, -0.2) is 29.2 Å². The summed E-state index contributed by atoms with van der Waals surface area (Å²) in [6, 6.07) is 11.7. The van der Waals surface area contributed by atoms with Gasteiger partial charge in [-0.25, -0.2) is 4.79 Å². The van der Waals surface area contributed by atoms with Crippen molar-refractivity contribution in [1.82, 2.24) is 9.78 Å². The Balaban J connectivity index is 1.71. The second-order valence-electron chi connectivity index (χ2n) is 6.11. The van der Waals surface area contributed by atoms with Crippen molar-refractivity contribution in [3.05, 3.63) is 59.2 Å². The Labute approximate surface area is 173 Å². The molecule has 0 bridgehead atoms. The first-order chi connectivity index (χ1) is 13.6. The zero-order chi connectivity index (χ0) is 21.2. The molecule has 1 aromatic heterocycles. The van der Waals surface area contributed by atoms with E-state index < -0.39 is 12.4 Å². The van der Waals surface area contributed by atoms with Crippen LogP contribution in [0.15, 0.2) is 59.2 Å². The maximum Gasteiger partial charge on any atom is 0.573 e. The molecule has 2 aromatic carbocycles. The van der Waals surface area contributed by atoms with Crippen molar-refractivity contribution in [3.8, 4) is 17.0 Å². The van der Waals surface area contributed by atoms with Gasteiger partial charge in [0.05, 0.1) is 4.47 Å². The number of nitrogens with zero attached hydrogens (tertiary/aromatic N) is 3. The van der Waals surface area contributed by atoms with E-state index in [2.05, 4.69) is 31.1 Å². The zero-order valence-corrected chi connectivity index (χ0v) is 17.0. The quantitative estimate of drug-likeness (QED) is 0.556. The molecule has 0 radical (unpaired) electrons. The van der Waals surface area contributed by atoms with Crippen LogP contribution in [0.1, 0.15) is 0 Å². The van der Waals surface area contributed by atoms with Crippen LogP contribution in [0.2, 0.25) is 0 Å². The highest BCUT2D eigenvalue weighted by Crippen LogP contribution is 2.29. The van der Waals surface area contributed by atoms with Gasteiger partial charge in [0.1, 0.15) is 11.4 Å². The maximum atomic E-state index is 12.5. The number of hydrogen-bond acceptors (Lipinski definition) is 3. The molecule has 152 valence electrons. The van der Waals surface area contributed by atoms with Crippen LogP contribution >= 0.6 is 15.9 Å². The van der Waals surface area contributed by atoms with Crippen molar-refractivity contribution in [2.24, 2.45) is 7.05 Å². The first kappa shape index (κ1) is 20.7. The van der Waals surface area contributed by atoms with Crippen molar-refractivity contribution in [2.45, 2.75) is 6.36 Å². The third-order valence-corrected chi connectivity index (χ3v) is 4.51. The molecule has 2 amide bonds. The first-order valence-corrected chi connectivity index (χ1v) is 9.12. The van der Waals surface area contributed by atoms with Gasteiger partial charge in [-0.05, 0) is 52.3 Å². The molecule has 1 N–H and O–H groups in total. The van der Waals surface area contributed by atoms with Crippen molar-refractivity contribution in [1.29, 1.82) is 0 Å². The summed E-state index contributed by atoms with van der Waals surface area (Å²) in [6.45, 7) is 0. The van der Waals surface area contributed by atoms with Gasteiger partial charge in [0.2, 0.25) is 0 Å². The smallest absolute Gasteiger partial charge is 0.406 e. The van der Waals surface area contributed by atoms with E-state index in [0.717, 1.165) is 27.9 Å². The Morgan fingerprint density at radius 2 is 1.90 bits per heavy atom. The van der Waals surface area contributed by atoms with E-state index in [0.29, 0.717) is 11.4 Å². The van der Waals surface area contributed by atoms with Gasteiger partial charge >= 0.3 is 12.4 Å². The third-order valence-electron chi connectivity index (χ3n) is 3.93. The molecule has 0 spiro atoms. The van der Waals surface area contributed by atoms with E-state index in [4.69, 9.17) is 0 Å². The maximum absolute atomic E-state index is 12.5. The highest BCUT2D eigenvalue weighted by molar-refractivity contribution is 9.10. The summed E-state index contributed by atoms with van der Waals surface area (Å²) in [4.78, 5) is 13.8. The number of carbonyl (C=O) groups excluding carboxylic acids is 1. The SMILES string of the molecule is CN(C(=O)Nc1cccc(-c2nn(C)cc2Br)c1)c1ccc(OC(F)(F)F)cc1. The summed E-state index contributed by atoms with van der Waals surface area (Å²) in [6.07, 6.45) is -2.95. The second-order valence-corrected chi connectivity index (χ2v) is 6.97. The highest BCUT2D eigenvalue weighted by atomic mass is 79.9. The van der Waals surface area contributed by atoms with Crippen LogP contribution in [0.25, 0.3) is 11.3 Å². The molecule has 0 aliphatic rings. The van der Waals surface area contributed by atoms with Crippen molar-refractivity contribution in [2.75, 3.05) is 17.3 Å². The predicted octanol–water partition coefficient (Wildman–Crippen LogP) is 5.42. The summed E-state index contributed by atoms with van der Waals surface area (Å²) in [5.41, 5.74) is 2.50. The molecular formula is C19H16BrF3N4O2. The molecule has 29 heavy (non-hydrogen) atoms. The van der Waals surface area contributed by atoms with E-state index >= 15 is 0 Å². The average Bonchev–Trinajstić information content (AvgIpc) is 2.99. The van der Waals surface area contributed by atoms with Gasteiger partial charge in [0, 0.05) is 37.2 Å². The van der Waals surface area contributed by atoms with Gasteiger partial charge in [-0.15, -0.1) is 13.2 Å². The minimum atomic E-state index is -4.77. The fraction of sp³-hybridized carbons (Fsp3) is 0.158. The van der Waals surface area contributed by atoms with Crippen molar-refractivity contribution >= 4 is 33.3 Å². The molecule has 0 unspecified atom stereocenters. The molecule has 0 aliphatic heterocycles. The number of carbonyl (C=O) groups is 1. The fourth-order valence-electron chi connectivity index (χ4n) is 2.60. The lowest BCUT2D eigenvalue weighted by molar-refractivity contribution is -0.274. The molecule has 0 saturated heterocycles. The Bertz CT molecular complexity index is 1020. The molecule has 10 heteroatoms. The number of amides is 2. The lowest BCUT2D eigenvalue weighted by Crippen LogP contribution is -2.31. The van der Waals surface area contributed by atoms with Crippen LogP contribution in [0, 0.1) is 0 Å². The van der Waals surface area contributed by atoms with Gasteiger partial charge in [-0.1, -0.05) is 12.1 Å². The molecule has 6 nitrogen and oxygen atoms in total. The number of hydrogen-bond donors (Lipinski definition) is 1. The van der Waals surface area contributed by atoms with Crippen LogP contribution in [-0.2, 0) is 7.05 Å². The number of rotatable bonds is 4. The summed E-state index contributed by atoms with van der Waals surface area (Å²) in [7, 11) is 3.31. The van der Waals surface area contributed by atoms with Crippen LogP contribution < -0.4 is 15.0 Å². The Morgan fingerprint density at radius 3 is 2.48 bits per heavy atom. The predicted molar refractivity (Wildman–Crippen MR) is 107 cm³/mol. The van der Waals surface area contributed by atoms with Crippen molar-refractivity contribution < 1.29 is 22.7 Å². The van der Waals surface area contributed by atoms with E-state index in [1.165, 1.54) is 24.1 Å². The average molecular weight is 469 g/mol. The number of ether oxygens (including phenoxy) is 1. The lowest BCUT2D eigenvalue weighted by atomic mass is 10.1. The normalized spacial score (nSPS) is 11.2. The number of alkyl halides is 3. The molecule has 3 rings (SSSR count). The highest BCUT2D eigenvalue weighted by Gasteiger charge is 2.31. The Kier molecular flexibility index (Phi) is 5.83. The largest absolute Gasteiger partial charge is 0.573 e. The van der Waals surface area contributed by atoms with Crippen LogP contribution in [0.5, 0.6) is 5.75 Å². The second kappa shape index (κ2) is 8.16. The molecule has 0 saturated carbocycles. The molecule has 0 fully saturated rings. The molecule has 1 heterocycles. The minimum absolute atomic E-state index is 0.358. The summed E-state index contributed by atoms with van der Waals surface area (Å²) in [5.74, 6) is -0.358. The van der Waals surface area contributed by atoms with E-state index in [1.807, 2.05) is 12.3 Å². The van der Waals surface area contributed by atoms with E-state index in [-0.39, 0.29) is 5.75 Å². The number of benzene rings is 2. The third kappa shape index (κ3) is 5.29. The van der Waals surface area contributed by atoms with Gasteiger partial charge < -0.3 is 10.1 Å². The lowest BCUT2D eigenvalue weighted by Gasteiger charge is -2.19. The van der Waals surface area contributed by atoms with Crippen LogP contribution in [0.4, 0.5) is 29.3 Å². The summed E-state index contributed by atoms with van der Waals surface area (Å²) >= 11 is 3.45. The number of nitrogens with one attached hydrogen (secondary N) is 1. The molecule has 0 atom stereocenters. The summed E-state index contributed by atoms with van der Waals surface area (Å²) in [5, 5.41) is 7.13. The van der Waals surface area contributed by atoms with Crippen molar-refractivity contribution in [3.63, 3.8) is 0 Å². The first-order valence-electron chi connectivity index (χ1n) is 8.32. The number of urea groups is 1. The molecule has 3 aromatic rings. The van der Waals surface area contributed by atoms with Gasteiger partial charge in [-0.3, -0.25) is 9.58 Å². The standard InChI is InChI=1S/C19H16BrF3N4O2/c1-26-11-16(20)17(25-26)12-4-3-5-13(10-12)24-18(28)27(2)14-6-8-15(9-7-14)29-19(21,22)23/h3-11H,1-2H3,(H,24,28). The number of anilines is 2. The number of aryl methyl sites for hydroxylation is 1. The molecular weight excluding hydrogens is 453 g/mol. The Morgan fingerprint density at radius 1 is 1.21 bits per heavy atom. The van der Waals surface area contributed by atoms with E-state index in [9.17, 15) is 18.0 Å². The van der Waals surface area contributed by atoms with E-state index in [1.54, 1.807) is 29.9 Å². The monoisotopic (exact) mass is 468 g/mol. The van der Waals surface area contributed by atoms with Gasteiger partial charge in [0.25, 0.3) is 0 Å². The number of halogens is 4. The van der Waals surface area contributed by atoms with Crippen LogP contribution in [0.3, 0.4) is 0 Å². The Hall–Kier alpha value is -3.01. The minimum Gasteiger partial charge on any atom is -0.406 e. The fourth-order valence-corrected chi connectivity index (χ4v) is 3.20.